The van der Waals surface area contributed by atoms with Crippen molar-refractivity contribution in [2.24, 2.45) is 17.8 Å². The summed E-state index contributed by atoms with van der Waals surface area (Å²) in [6.45, 7) is 4.53. The molecule has 1 N–H and O–H groups in total. The molecule has 0 aromatic carbocycles. The number of carbonyl (C=O) groups is 2. The van der Waals surface area contributed by atoms with Crippen LogP contribution in [0.5, 0.6) is 0 Å². The van der Waals surface area contributed by atoms with Crippen LogP contribution in [0.15, 0.2) is 24.3 Å². The quantitative estimate of drug-likeness (QED) is 0.476. The van der Waals surface area contributed by atoms with Crippen molar-refractivity contribution in [1.82, 2.24) is 0 Å². The molecule has 1 rings (SSSR count). The van der Waals surface area contributed by atoms with Crippen LogP contribution in [0, 0.1) is 17.8 Å². The second kappa shape index (κ2) is 12.0. The Balaban J connectivity index is 2.33. The zero-order chi connectivity index (χ0) is 17.8. The molecule has 0 bridgehead atoms. The molecule has 0 heterocycles. The number of ketones is 1. The molecular formula is C21H34O3. The fourth-order valence-electron chi connectivity index (χ4n) is 3.41. The number of carboxylic acids is 1. The van der Waals surface area contributed by atoms with Gasteiger partial charge in [0.2, 0.25) is 0 Å². The van der Waals surface area contributed by atoms with Gasteiger partial charge in [0.05, 0.1) is 0 Å². The van der Waals surface area contributed by atoms with Gasteiger partial charge in [-0.2, -0.15) is 0 Å². The van der Waals surface area contributed by atoms with Crippen molar-refractivity contribution in [2.45, 2.75) is 78.1 Å². The number of hydrogen-bond donors (Lipinski definition) is 1. The lowest BCUT2D eigenvalue weighted by molar-refractivity contribution is -0.136. The molecule has 136 valence electrons. The second-order valence-electron chi connectivity index (χ2n) is 7.17. The summed E-state index contributed by atoms with van der Waals surface area (Å²) >= 11 is 0. The molecule has 1 saturated carbocycles. The van der Waals surface area contributed by atoms with Crippen LogP contribution >= 0.6 is 0 Å². The Kier molecular flexibility index (Phi) is 10.4. The summed E-state index contributed by atoms with van der Waals surface area (Å²) in [5.41, 5.74) is 0. The molecule has 24 heavy (non-hydrogen) atoms. The van der Waals surface area contributed by atoms with Crippen molar-refractivity contribution in [3.63, 3.8) is 0 Å². The summed E-state index contributed by atoms with van der Waals surface area (Å²) in [5.74, 6) is 0.945. The van der Waals surface area contributed by atoms with E-state index in [9.17, 15) is 9.59 Å². The van der Waals surface area contributed by atoms with Gasteiger partial charge in [-0.05, 0) is 43.9 Å². The van der Waals surface area contributed by atoms with E-state index < -0.39 is 5.97 Å². The molecule has 0 aromatic heterocycles. The van der Waals surface area contributed by atoms with Crippen LogP contribution < -0.4 is 0 Å². The van der Waals surface area contributed by atoms with E-state index in [2.05, 4.69) is 26.0 Å². The number of hydrogen-bond acceptors (Lipinski definition) is 2. The highest BCUT2D eigenvalue weighted by atomic mass is 16.4. The van der Waals surface area contributed by atoms with Crippen LogP contribution in [0.2, 0.25) is 0 Å². The molecule has 1 aliphatic rings. The Morgan fingerprint density at radius 3 is 2.75 bits per heavy atom. The highest BCUT2D eigenvalue weighted by Gasteiger charge is 2.31. The van der Waals surface area contributed by atoms with Gasteiger partial charge in [0.25, 0.3) is 0 Å². The van der Waals surface area contributed by atoms with Gasteiger partial charge in [0.15, 0.2) is 0 Å². The van der Waals surface area contributed by atoms with E-state index in [4.69, 9.17) is 5.11 Å². The first-order chi connectivity index (χ1) is 11.5. The van der Waals surface area contributed by atoms with Crippen molar-refractivity contribution < 1.29 is 14.7 Å². The van der Waals surface area contributed by atoms with Crippen molar-refractivity contribution in [3.8, 4) is 0 Å². The van der Waals surface area contributed by atoms with Crippen molar-refractivity contribution in [2.75, 3.05) is 0 Å². The lowest BCUT2D eigenvalue weighted by Crippen LogP contribution is -2.13. The standard InChI is InChI=1S/C21H34O3/c1-3-4-10-17(2)11-9-12-18-15-16-20(22)19(18)13-7-5-6-8-14-21(23)24/h5-6,9,12,17-19H,3-4,7-8,10-11,13-16H2,1-2H3,(H,23,24)/t17?,18-,19+/m0/s1. The zero-order valence-corrected chi connectivity index (χ0v) is 15.4. The molecule has 0 radical (unpaired) electrons. The van der Waals surface area contributed by atoms with E-state index in [1.54, 1.807) is 0 Å². The third kappa shape index (κ3) is 8.47. The van der Waals surface area contributed by atoms with Crippen LogP contribution in [0.25, 0.3) is 0 Å². The average molecular weight is 335 g/mol. The minimum Gasteiger partial charge on any atom is -0.481 e. The molecule has 3 nitrogen and oxygen atoms in total. The Labute approximate surface area is 147 Å². The van der Waals surface area contributed by atoms with Gasteiger partial charge >= 0.3 is 5.97 Å². The van der Waals surface area contributed by atoms with Crippen LogP contribution in [0.1, 0.15) is 78.1 Å². The highest BCUT2D eigenvalue weighted by Crippen LogP contribution is 2.33. The van der Waals surface area contributed by atoms with E-state index in [1.807, 2.05) is 12.2 Å². The number of unbranched alkanes of at least 4 members (excludes halogenated alkanes) is 1. The number of rotatable bonds is 12. The Bertz CT molecular complexity index is 436. The van der Waals surface area contributed by atoms with E-state index in [1.165, 1.54) is 19.3 Å². The van der Waals surface area contributed by atoms with Crippen LogP contribution in [0.3, 0.4) is 0 Å². The predicted molar refractivity (Wildman–Crippen MR) is 98.9 cm³/mol. The largest absolute Gasteiger partial charge is 0.481 e. The van der Waals surface area contributed by atoms with E-state index >= 15 is 0 Å². The Morgan fingerprint density at radius 2 is 2.04 bits per heavy atom. The summed E-state index contributed by atoms with van der Waals surface area (Å²) in [6, 6.07) is 0. The number of carbonyl (C=O) groups excluding carboxylic acids is 1. The normalized spacial score (nSPS) is 22.7. The topological polar surface area (TPSA) is 54.4 Å². The maximum Gasteiger partial charge on any atom is 0.303 e. The molecular weight excluding hydrogens is 300 g/mol. The summed E-state index contributed by atoms with van der Waals surface area (Å²) < 4.78 is 0. The lowest BCUT2D eigenvalue weighted by Gasteiger charge is -2.14. The van der Waals surface area contributed by atoms with Gasteiger partial charge in [-0.1, -0.05) is 57.4 Å². The first kappa shape index (κ1) is 20.7. The van der Waals surface area contributed by atoms with Crippen LogP contribution in [-0.4, -0.2) is 16.9 Å². The van der Waals surface area contributed by atoms with Crippen LogP contribution in [0.4, 0.5) is 0 Å². The van der Waals surface area contributed by atoms with Crippen molar-refractivity contribution in [3.05, 3.63) is 24.3 Å². The molecule has 3 heteroatoms. The number of allylic oxidation sites excluding steroid dienone is 4. The number of Topliss-reactive ketones (excluding diaryl/α,β-unsaturated/α-hetero) is 1. The molecule has 0 spiro atoms. The fourth-order valence-corrected chi connectivity index (χ4v) is 3.41. The molecule has 0 saturated heterocycles. The molecule has 1 fully saturated rings. The Morgan fingerprint density at radius 1 is 1.29 bits per heavy atom. The Hall–Kier alpha value is -1.38. The summed E-state index contributed by atoms with van der Waals surface area (Å²) in [6.07, 6.45) is 17.7. The molecule has 1 aliphatic carbocycles. The number of carboxylic acid groups (broad SMARTS) is 1. The van der Waals surface area contributed by atoms with Crippen LogP contribution in [-0.2, 0) is 9.59 Å². The maximum atomic E-state index is 12.1. The van der Waals surface area contributed by atoms with Gasteiger partial charge in [-0.25, -0.2) is 0 Å². The molecule has 1 unspecified atom stereocenters. The second-order valence-corrected chi connectivity index (χ2v) is 7.17. The smallest absolute Gasteiger partial charge is 0.303 e. The van der Waals surface area contributed by atoms with E-state index in [0.717, 1.165) is 31.6 Å². The molecule has 3 atom stereocenters. The number of aliphatic carboxylic acids is 1. The summed E-state index contributed by atoms with van der Waals surface area (Å²) in [7, 11) is 0. The SMILES string of the molecule is CCCCC(C)CC=C[C@H]1CCC(=O)[C@@H]1CCC=CCCC(=O)O. The third-order valence-electron chi connectivity index (χ3n) is 4.96. The third-order valence-corrected chi connectivity index (χ3v) is 4.96. The first-order valence-corrected chi connectivity index (χ1v) is 9.60. The average Bonchev–Trinajstić information content (AvgIpc) is 2.89. The summed E-state index contributed by atoms with van der Waals surface area (Å²) in [5, 5.41) is 8.60. The van der Waals surface area contributed by atoms with Gasteiger partial charge in [0, 0.05) is 18.8 Å². The van der Waals surface area contributed by atoms with E-state index in [-0.39, 0.29) is 12.3 Å². The van der Waals surface area contributed by atoms with Gasteiger partial charge < -0.3 is 5.11 Å². The zero-order valence-electron chi connectivity index (χ0n) is 15.4. The predicted octanol–water partition coefficient (Wildman–Crippen LogP) is 5.56. The van der Waals surface area contributed by atoms with Gasteiger partial charge in [-0.15, -0.1) is 0 Å². The molecule has 0 aliphatic heterocycles. The molecule has 0 aromatic rings. The lowest BCUT2D eigenvalue weighted by atomic mass is 9.89. The first-order valence-electron chi connectivity index (χ1n) is 9.60. The van der Waals surface area contributed by atoms with E-state index in [0.29, 0.717) is 24.5 Å². The minimum absolute atomic E-state index is 0.163. The van der Waals surface area contributed by atoms with Crippen molar-refractivity contribution >= 4 is 11.8 Å². The van der Waals surface area contributed by atoms with Gasteiger partial charge in [-0.3, -0.25) is 9.59 Å². The van der Waals surface area contributed by atoms with Gasteiger partial charge in [0.1, 0.15) is 5.78 Å². The highest BCUT2D eigenvalue weighted by molar-refractivity contribution is 5.83. The minimum atomic E-state index is -0.760. The monoisotopic (exact) mass is 334 g/mol. The maximum absolute atomic E-state index is 12.1. The van der Waals surface area contributed by atoms with Crippen molar-refractivity contribution in [1.29, 1.82) is 0 Å². The molecule has 0 amide bonds. The summed E-state index contributed by atoms with van der Waals surface area (Å²) in [4.78, 5) is 22.5. The fraction of sp³-hybridized carbons (Fsp3) is 0.714.